The van der Waals surface area contributed by atoms with Gasteiger partial charge >= 0.3 is 0 Å². The molecule has 5 heteroatoms. The second-order valence-corrected chi connectivity index (χ2v) is 2.72. The zero-order chi connectivity index (χ0) is 10.1. The number of anilines is 1. The van der Waals surface area contributed by atoms with Crippen molar-refractivity contribution in [3.63, 3.8) is 0 Å². The second-order valence-electron chi connectivity index (χ2n) is 2.72. The van der Waals surface area contributed by atoms with Gasteiger partial charge in [-0.05, 0) is 12.1 Å². The van der Waals surface area contributed by atoms with Gasteiger partial charge in [0, 0.05) is 11.6 Å². The Balaban J connectivity index is 2.57. The standard InChI is InChI=1S/C9H6F2N2O/c10-6-3-1-2-5(9(6)11)7-4-8(12)14-13-7/h1-4H,12H2. The third kappa shape index (κ3) is 1.32. The third-order valence-electron chi connectivity index (χ3n) is 1.76. The van der Waals surface area contributed by atoms with Crippen LogP contribution in [0.15, 0.2) is 28.8 Å². The minimum Gasteiger partial charge on any atom is -0.368 e. The molecule has 1 aromatic carbocycles. The summed E-state index contributed by atoms with van der Waals surface area (Å²) < 4.78 is 30.6. The number of rotatable bonds is 1. The van der Waals surface area contributed by atoms with Crippen molar-refractivity contribution in [2.75, 3.05) is 5.73 Å². The summed E-state index contributed by atoms with van der Waals surface area (Å²) in [5.41, 5.74) is 5.47. The predicted molar refractivity (Wildman–Crippen MR) is 46.3 cm³/mol. The smallest absolute Gasteiger partial charge is 0.222 e. The highest BCUT2D eigenvalue weighted by Gasteiger charge is 2.12. The van der Waals surface area contributed by atoms with E-state index < -0.39 is 11.6 Å². The lowest BCUT2D eigenvalue weighted by atomic mass is 10.1. The number of nitrogens with two attached hydrogens (primary N) is 1. The van der Waals surface area contributed by atoms with Gasteiger partial charge in [0.2, 0.25) is 5.88 Å². The van der Waals surface area contributed by atoms with E-state index in [0.717, 1.165) is 6.07 Å². The molecule has 1 heterocycles. The van der Waals surface area contributed by atoms with E-state index in [1.807, 2.05) is 0 Å². The number of benzene rings is 1. The third-order valence-corrected chi connectivity index (χ3v) is 1.76. The molecule has 0 saturated heterocycles. The van der Waals surface area contributed by atoms with E-state index in [9.17, 15) is 8.78 Å². The first-order valence-electron chi connectivity index (χ1n) is 3.85. The van der Waals surface area contributed by atoms with Crippen LogP contribution in [0.4, 0.5) is 14.7 Å². The molecule has 0 unspecified atom stereocenters. The van der Waals surface area contributed by atoms with Gasteiger partial charge in [0.1, 0.15) is 5.69 Å². The average molecular weight is 196 g/mol. The molecule has 0 amide bonds. The maximum atomic E-state index is 13.2. The van der Waals surface area contributed by atoms with Gasteiger partial charge in [-0.25, -0.2) is 8.78 Å². The molecular weight excluding hydrogens is 190 g/mol. The minimum atomic E-state index is -0.958. The molecule has 14 heavy (non-hydrogen) atoms. The number of aromatic nitrogens is 1. The molecule has 0 aliphatic heterocycles. The highest BCUT2D eigenvalue weighted by Crippen LogP contribution is 2.24. The molecule has 72 valence electrons. The Hall–Kier alpha value is -1.91. The Kier molecular flexibility index (Phi) is 1.92. The molecule has 0 radical (unpaired) electrons. The highest BCUT2D eigenvalue weighted by molar-refractivity contribution is 5.61. The lowest BCUT2D eigenvalue weighted by molar-refractivity contribution is 0.438. The molecule has 3 nitrogen and oxygen atoms in total. The Bertz CT molecular complexity index is 468. The maximum Gasteiger partial charge on any atom is 0.222 e. The summed E-state index contributed by atoms with van der Waals surface area (Å²) in [6.45, 7) is 0. The highest BCUT2D eigenvalue weighted by atomic mass is 19.2. The van der Waals surface area contributed by atoms with Crippen LogP contribution < -0.4 is 5.73 Å². The van der Waals surface area contributed by atoms with Crippen molar-refractivity contribution in [1.82, 2.24) is 5.16 Å². The molecule has 0 bridgehead atoms. The minimum absolute atomic E-state index is 0.0328. The Labute approximate surface area is 78.1 Å². The van der Waals surface area contributed by atoms with Crippen molar-refractivity contribution in [2.24, 2.45) is 0 Å². The van der Waals surface area contributed by atoms with E-state index in [-0.39, 0.29) is 17.1 Å². The van der Waals surface area contributed by atoms with Gasteiger partial charge in [-0.15, -0.1) is 0 Å². The number of nitrogens with zero attached hydrogens (tertiary/aromatic N) is 1. The van der Waals surface area contributed by atoms with Crippen molar-refractivity contribution in [3.8, 4) is 11.3 Å². The lowest BCUT2D eigenvalue weighted by Crippen LogP contribution is -1.88. The molecule has 0 fully saturated rings. The van der Waals surface area contributed by atoms with Crippen LogP contribution in [0, 0.1) is 11.6 Å². The summed E-state index contributed by atoms with van der Waals surface area (Å²) in [4.78, 5) is 0. The van der Waals surface area contributed by atoms with Gasteiger partial charge < -0.3 is 10.3 Å². The quantitative estimate of drug-likeness (QED) is 0.760. The summed E-state index contributed by atoms with van der Waals surface area (Å²) in [6, 6.07) is 5.15. The number of hydrogen-bond donors (Lipinski definition) is 1. The average Bonchev–Trinajstić information content (AvgIpc) is 2.57. The monoisotopic (exact) mass is 196 g/mol. The van der Waals surface area contributed by atoms with E-state index in [1.165, 1.54) is 18.2 Å². The van der Waals surface area contributed by atoms with Crippen molar-refractivity contribution in [1.29, 1.82) is 0 Å². The number of nitrogen functional groups attached to an aromatic ring is 1. The van der Waals surface area contributed by atoms with Crippen LogP contribution in [0.1, 0.15) is 0 Å². The van der Waals surface area contributed by atoms with Gasteiger partial charge in [-0.3, -0.25) is 0 Å². The van der Waals surface area contributed by atoms with Crippen LogP contribution in [-0.2, 0) is 0 Å². The van der Waals surface area contributed by atoms with Crippen LogP contribution in [0.3, 0.4) is 0 Å². The summed E-state index contributed by atoms with van der Waals surface area (Å²) in [5.74, 6) is -1.83. The van der Waals surface area contributed by atoms with Crippen LogP contribution in [0.5, 0.6) is 0 Å². The van der Waals surface area contributed by atoms with Crippen LogP contribution in [0.2, 0.25) is 0 Å². The second kappa shape index (κ2) is 3.10. The van der Waals surface area contributed by atoms with Crippen LogP contribution in [0.25, 0.3) is 11.3 Å². The van der Waals surface area contributed by atoms with Gasteiger partial charge in [0.15, 0.2) is 11.6 Å². The van der Waals surface area contributed by atoms with Gasteiger partial charge in [-0.1, -0.05) is 11.2 Å². The fraction of sp³-hybridized carbons (Fsp3) is 0. The van der Waals surface area contributed by atoms with Crippen molar-refractivity contribution in [2.45, 2.75) is 0 Å². The van der Waals surface area contributed by atoms with E-state index in [2.05, 4.69) is 9.68 Å². The summed E-state index contributed by atoms with van der Waals surface area (Å²) in [6.07, 6.45) is 0. The Morgan fingerprint density at radius 1 is 1.29 bits per heavy atom. The SMILES string of the molecule is Nc1cc(-c2cccc(F)c2F)no1. The van der Waals surface area contributed by atoms with E-state index in [0.29, 0.717) is 0 Å². The van der Waals surface area contributed by atoms with Crippen molar-refractivity contribution < 1.29 is 13.3 Å². The lowest BCUT2D eigenvalue weighted by Gasteiger charge is -1.97. The molecule has 0 aliphatic carbocycles. The van der Waals surface area contributed by atoms with Crippen LogP contribution >= 0.6 is 0 Å². The first kappa shape index (κ1) is 8.68. The topological polar surface area (TPSA) is 52.0 Å². The molecule has 0 aliphatic rings. The summed E-state index contributed by atoms with van der Waals surface area (Å²) in [7, 11) is 0. The van der Waals surface area contributed by atoms with Crippen molar-refractivity contribution in [3.05, 3.63) is 35.9 Å². The van der Waals surface area contributed by atoms with Crippen molar-refractivity contribution >= 4 is 5.88 Å². The summed E-state index contributed by atoms with van der Waals surface area (Å²) >= 11 is 0. The molecule has 2 N–H and O–H groups in total. The molecule has 0 atom stereocenters. The van der Waals surface area contributed by atoms with Crippen LogP contribution in [-0.4, -0.2) is 5.16 Å². The Morgan fingerprint density at radius 2 is 2.07 bits per heavy atom. The van der Waals surface area contributed by atoms with Gasteiger partial charge in [0.05, 0.1) is 0 Å². The molecule has 0 spiro atoms. The molecular formula is C9H6F2N2O. The predicted octanol–water partition coefficient (Wildman–Crippen LogP) is 2.20. The molecule has 2 rings (SSSR count). The first-order valence-corrected chi connectivity index (χ1v) is 3.85. The molecule has 2 aromatic rings. The maximum absolute atomic E-state index is 13.2. The summed E-state index contributed by atoms with van der Waals surface area (Å²) in [5, 5.41) is 3.48. The first-order chi connectivity index (χ1) is 6.68. The molecule has 0 saturated carbocycles. The fourth-order valence-electron chi connectivity index (χ4n) is 1.12. The zero-order valence-corrected chi connectivity index (χ0v) is 7.00. The fourth-order valence-corrected chi connectivity index (χ4v) is 1.12. The van der Waals surface area contributed by atoms with Gasteiger partial charge in [0.25, 0.3) is 0 Å². The largest absolute Gasteiger partial charge is 0.368 e. The van der Waals surface area contributed by atoms with E-state index in [4.69, 9.17) is 5.73 Å². The number of halogens is 2. The van der Waals surface area contributed by atoms with E-state index >= 15 is 0 Å². The zero-order valence-electron chi connectivity index (χ0n) is 7.00. The molecule has 1 aromatic heterocycles. The number of hydrogen-bond acceptors (Lipinski definition) is 3. The Morgan fingerprint density at radius 3 is 2.71 bits per heavy atom. The van der Waals surface area contributed by atoms with Gasteiger partial charge in [-0.2, -0.15) is 0 Å². The van der Waals surface area contributed by atoms with E-state index in [1.54, 1.807) is 0 Å². The normalized spacial score (nSPS) is 10.4.